The number of nitrogen functional groups attached to an aromatic ring is 1. The number of nitrogens with zero attached hydrogens (tertiary/aromatic N) is 4. The van der Waals surface area contributed by atoms with Gasteiger partial charge in [-0.05, 0) is 25.5 Å². The summed E-state index contributed by atoms with van der Waals surface area (Å²) in [7, 11) is 0. The van der Waals surface area contributed by atoms with E-state index in [2.05, 4.69) is 34.3 Å². The van der Waals surface area contributed by atoms with Crippen LogP contribution in [0.2, 0.25) is 0 Å². The number of nitrogens with one attached hydrogen (secondary N) is 1. The maximum atomic E-state index is 13.0. The average molecular weight is 710 g/mol. The van der Waals surface area contributed by atoms with Gasteiger partial charge in [0.1, 0.15) is 22.8 Å². The van der Waals surface area contributed by atoms with Gasteiger partial charge < -0.3 is 32.2 Å². The van der Waals surface area contributed by atoms with Gasteiger partial charge in [-0.3, -0.25) is 19.5 Å². The van der Waals surface area contributed by atoms with Crippen molar-refractivity contribution in [2.75, 3.05) is 18.0 Å². The number of carboxylic acid groups (broad SMARTS) is 2. The minimum atomic E-state index is -5.08. The molecule has 0 aromatic carbocycles. The number of thioether (sulfide) groups is 3. The summed E-state index contributed by atoms with van der Waals surface area (Å²) < 4.78 is 31.6. The zero-order chi connectivity index (χ0) is 33.7. The van der Waals surface area contributed by atoms with Gasteiger partial charge in [-0.15, -0.1) is 34.9 Å². The fourth-order valence-corrected chi connectivity index (χ4v) is 7.68. The number of fused-ring (bicyclic) bond motifs is 1. The first kappa shape index (κ1) is 35.9. The van der Waals surface area contributed by atoms with E-state index in [1.165, 1.54) is 33.8 Å². The van der Waals surface area contributed by atoms with Crippen molar-refractivity contribution in [3.05, 3.63) is 45.7 Å². The number of aliphatic carboxylic acids is 2. The first-order valence-corrected chi connectivity index (χ1v) is 16.1. The van der Waals surface area contributed by atoms with Crippen molar-refractivity contribution in [2.24, 2.45) is 10.9 Å². The Morgan fingerprint density at radius 1 is 1.27 bits per heavy atom. The molecule has 14 nitrogen and oxygen atoms in total. The van der Waals surface area contributed by atoms with Crippen LogP contribution in [0.4, 0.5) is 18.3 Å². The second-order valence-corrected chi connectivity index (χ2v) is 14.4. The lowest BCUT2D eigenvalue weighted by atomic mass is 10.0. The van der Waals surface area contributed by atoms with Gasteiger partial charge in [-0.1, -0.05) is 16.9 Å². The highest BCUT2D eigenvalue weighted by molar-refractivity contribution is 8.06. The molecular weight excluding hydrogens is 684 g/mol. The maximum Gasteiger partial charge on any atom is 0.490 e. The largest absolute Gasteiger partial charge is 0.490 e. The van der Waals surface area contributed by atoms with Crippen LogP contribution in [0.5, 0.6) is 0 Å². The molecule has 8 N–H and O–H groups in total. The highest BCUT2D eigenvalue weighted by Gasteiger charge is 2.54. The number of hydrogen-bond donors (Lipinski definition) is 6. The zero-order valence-electron chi connectivity index (χ0n) is 23.3. The lowest BCUT2D eigenvalue weighted by molar-refractivity contribution is -0.192. The molecule has 2 aromatic heterocycles. The Bertz CT molecular complexity index is 1530. The van der Waals surface area contributed by atoms with Gasteiger partial charge in [0.15, 0.2) is 10.8 Å². The molecule has 0 unspecified atom stereocenters. The maximum absolute atomic E-state index is 13.0. The van der Waals surface area contributed by atoms with Crippen LogP contribution in [-0.2, 0) is 24.9 Å². The van der Waals surface area contributed by atoms with Crippen LogP contribution < -0.4 is 16.8 Å². The summed E-state index contributed by atoms with van der Waals surface area (Å²) in [5.74, 6) is -4.43. The molecule has 2 atom stereocenters. The molecule has 21 heteroatoms. The van der Waals surface area contributed by atoms with Crippen LogP contribution in [0.15, 0.2) is 44.5 Å². The number of thiazole rings is 1. The minimum absolute atomic E-state index is 0.0680. The Labute approximate surface area is 269 Å². The first-order valence-electron chi connectivity index (χ1n) is 12.4. The minimum Gasteiger partial charge on any atom is -0.477 e. The monoisotopic (exact) mass is 709 g/mol. The van der Waals surface area contributed by atoms with Crippen molar-refractivity contribution < 1.29 is 47.8 Å². The summed E-state index contributed by atoms with van der Waals surface area (Å²) in [6.07, 6.45) is -1.70. The Morgan fingerprint density at radius 2 is 1.93 bits per heavy atom. The van der Waals surface area contributed by atoms with Gasteiger partial charge in [-0.2, -0.15) is 13.2 Å². The number of alkyl halides is 3. The number of aromatic nitrogens is 2. The van der Waals surface area contributed by atoms with Crippen LogP contribution in [0, 0.1) is 0 Å². The fourth-order valence-electron chi connectivity index (χ4n) is 3.58. The third-order valence-corrected chi connectivity index (χ3v) is 10.7. The van der Waals surface area contributed by atoms with Gasteiger partial charge in [0.2, 0.25) is 0 Å². The quantitative estimate of drug-likeness (QED) is 0.0900. The second-order valence-electron chi connectivity index (χ2n) is 9.60. The number of carbonyl (C=O) groups excluding carboxylic acids is 2. The van der Waals surface area contributed by atoms with E-state index in [1.54, 1.807) is 24.2 Å². The molecule has 1 saturated heterocycles. The molecule has 0 radical (unpaired) electrons. The number of oxime groups is 1. The number of halogens is 3. The van der Waals surface area contributed by atoms with Gasteiger partial charge in [0.05, 0.1) is 0 Å². The number of rotatable bonds is 10. The molecule has 4 rings (SSSR count). The van der Waals surface area contributed by atoms with Crippen molar-refractivity contribution in [2.45, 2.75) is 46.8 Å². The normalized spacial score (nSPS) is 18.4. The molecule has 4 heterocycles. The molecule has 1 fully saturated rings. The molecule has 2 amide bonds. The summed E-state index contributed by atoms with van der Waals surface area (Å²) in [5, 5.41) is 33.0. The van der Waals surface area contributed by atoms with Crippen LogP contribution in [0.25, 0.3) is 0 Å². The summed E-state index contributed by atoms with van der Waals surface area (Å²) >= 11 is 5.37. The van der Waals surface area contributed by atoms with Crippen molar-refractivity contribution >= 4 is 81.2 Å². The number of amides is 2. The van der Waals surface area contributed by atoms with E-state index in [0.717, 1.165) is 21.8 Å². The highest BCUT2D eigenvalue weighted by atomic mass is 32.2. The van der Waals surface area contributed by atoms with Gasteiger partial charge in [-0.25, -0.2) is 14.6 Å². The van der Waals surface area contributed by atoms with E-state index in [9.17, 15) is 37.9 Å². The lowest BCUT2D eigenvalue weighted by Gasteiger charge is -2.49. The predicted molar refractivity (Wildman–Crippen MR) is 163 cm³/mol. The van der Waals surface area contributed by atoms with Crippen LogP contribution in [0.1, 0.15) is 25.1 Å². The molecule has 0 saturated carbocycles. The van der Waals surface area contributed by atoms with E-state index in [-0.39, 0.29) is 21.3 Å². The van der Waals surface area contributed by atoms with Crippen molar-refractivity contribution in [1.82, 2.24) is 20.2 Å². The lowest BCUT2D eigenvalue weighted by Crippen LogP contribution is -2.71. The Morgan fingerprint density at radius 3 is 2.47 bits per heavy atom. The summed E-state index contributed by atoms with van der Waals surface area (Å²) in [4.78, 5) is 57.6. The SMILES string of the molecule is CC(C)(CN)SCc1cnccc1SC1=C(C(=O)O)N2C(=O)[C@@H](NC(=O)/C(=N\O)c3csc(N)n3)[C@H]2SC1.O=C(O)C(F)(F)F. The van der Waals surface area contributed by atoms with E-state index in [0.29, 0.717) is 23.0 Å². The highest BCUT2D eigenvalue weighted by Crippen LogP contribution is 2.46. The van der Waals surface area contributed by atoms with Gasteiger partial charge >= 0.3 is 18.1 Å². The molecule has 2 aliphatic rings. The molecule has 0 spiro atoms. The molecule has 2 aliphatic heterocycles. The van der Waals surface area contributed by atoms with E-state index in [4.69, 9.17) is 21.4 Å². The fraction of sp³-hybridized carbons (Fsp3) is 0.375. The Kier molecular flexibility index (Phi) is 11.7. The number of carboxylic acids is 2. The number of pyridine rings is 1. The number of carbonyl (C=O) groups is 4. The van der Waals surface area contributed by atoms with Crippen LogP contribution in [-0.4, -0.2) is 94.4 Å². The van der Waals surface area contributed by atoms with E-state index < -0.39 is 47.1 Å². The van der Waals surface area contributed by atoms with Crippen molar-refractivity contribution in [1.29, 1.82) is 0 Å². The van der Waals surface area contributed by atoms with Crippen molar-refractivity contribution in [3.8, 4) is 0 Å². The molecular formula is C24H26F3N7O7S4. The Balaban J connectivity index is 0.000000707. The average Bonchev–Trinajstić information content (AvgIpc) is 3.40. The number of β-lactam (4-membered cyclic amide) rings is 1. The second kappa shape index (κ2) is 14.7. The van der Waals surface area contributed by atoms with Crippen LogP contribution in [0.3, 0.4) is 0 Å². The smallest absolute Gasteiger partial charge is 0.477 e. The molecule has 0 aliphatic carbocycles. The standard InChI is InChI=1S/C22H25N7O5S4.C2HF3O2/c1-22(2,9-23)37-6-10-5-25-4-3-12(10)38-13-8-35-19-15(18(31)29(19)16(13)20(32)33)27-17(30)14(28-34)11-7-36-21(24)26-11;3-2(4,5)1(6)7/h3-5,7,15,19,34H,6,8-9,23H2,1-2H3,(H2,24,26)(H,27,30)(H,32,33);(H,6,7)/b28-14-;/t15-,19-;/m1./s1. The Hall–Kier alpha value is -3.53. The van der Waals surface area contributed by atoms with Crippen LogP contribution >= 0.6 is 46.6 Å². The van der Waals surface area contributed by atoms with E-state index >= 15 is 0 Å². The third kappa shape index (κ3) is 8.81. The van der Waals surface area contributed by atoms with E-state index in [1.807, 2.05) is 6.07 Å². The topological polar surface area (TPSA) is 234 Å². The molecule has 0 bridgehead atoms. The predicted octanol–water partition coefficient (Wildman–Crippen LogP) is 2.39. The summed E-state index contributed by atoms with van der Waals surface area (Å²) in [6, 6.07) is 0.828. The molecule has 244 valence electrons. The number of anilines is 1. The number of nitrogens with two attached hydrogens (primary N) is 2. The van der Waals surface area contributed by atoms with Gasteiger partial charge in [0, 0.05) is 50.4 Å². The first-order chi connectivity index (χ1) is 21.0. The zero-order valence-corrected chi connectivity index (χ0v) is 26.5. The summed E-state index contributed by atoms with van der Waals surface area (Å²) in [6.45, 7) is 4.61. The van der Waals surface area contributed by atoms with Crippen molar-refractivity contribution in [3.63, 3.8) is 0 Å². The third-order valence-electron chi connectivity index (χ3n) is 5.95. The summed E-state index contributed by atoms with van der Waals surface area (Å²) in [5.41, 5.74) is 11.9. The van der Waals surface area contributed by atoms with Gasteiger partial charge in [0.25, 0.3) is 11.8 Å². The molecule has 2 aromatic rings. The number of hydrogen-bond acceptors (Lipinski definition) is 14. The molecule has 45 heavy (non-hydrogen) atoms.